The van der Waals surface area contributed by atoms with Crippen LogP contribution in [0.15, 0.2) is 0 Å². The van der Waals surface area contributed by atoms with E-state index in [4.69, 9.17) is 15.9 Å². The highest BCUT2D eigenvalue weighted by molar-refractivity contribution is 6.21. The first-order valence-electron chi connectivity index (χ1n) is 2.15. The van der Waals surface area contributed by atoms with Gasteiger partial charge in [0, 0.05) is 0 Å². The third-order valence-corrected chi connectivity index (χ3v) is 0.514. The lowest BCUT2D eigenvalue weighted by Crippen LogP contribution is -2.33. The molecule has 0 aromatic rings. The normalized spacial score (nSPS) is 11.2. The Kier molecular flexibility index (Phi) is 10.6. The number of carbonyl (C=O) groups is 1. The molecule has 0 spiro atoms. The molecule has 0 aromatic carbocycles. The summed E-state index contributed by atoms with van der Waals surface area (Å²) in [5, 5.41) is 15.9. The minimum Gasteiger partial charge on any atom is -0.480 e. The Labute approximate surface area is 62.4 Å². The van der Waals surface area contributed by atoms with Gasteiger partial charge in [-0.3, -0.25) is 4.79 Å². The molecule has 1 atom stereocenters. The molecule has 0 saturated heterocycles. The van der Waals surface area contributed by atoms with Crippen molar-refractivity contribution in [3.05, 3.63) is 6.13 Å². The summed E-state index contributed by atoms with van der Waals surface area (Å²) in [5.74, 6) is -1.18. The van der Waals surface area contributed by atoms with Crippen LogP contribution in [0.3, 0.4) is 0 Å². The van der Waals surface area contributed by atoms with Crippen LogP contribution in [0, 0.1) is 6.13 Å². The molecular formula is C4H7ClFNO3. The van der Waals surface area contributed by atoms with Crippen molar-refractivity contribution in [3.63, 3.8) is 0 Å². The van der Waals surface area contributed by atoms with Crippen molar-refractivity contribution in [1.29, 1.82) is 0 Å². The lowest BCUT2D eigenvalue weighted by atomic mass is 10.3. The SMILES string of the molecule is F[C]Cl.N[C@@H](CO)C(=O)O. The van der Waals surface area contributed by atoms with Crippen LogP contribution in [0.4, 0.5) is 4.39 Å². The maximum Gasteiger partial charge on any atom is 0.322 e. The van der Waals surface area contributed by atoms with Crippen LogP contribution in [-0.4, -0.2) is 28.8 Å². The number of nitrogens with two attached hydrogens (primary N) is 1. The molecule has 0 unspecified atom stereocenters. The van der Waals surface area contributed by atoms with E-state index in [2.05, 4.69) is 11.6 Å². The summed E-state index contributed by atoms with van der Waals surface area (Å²) in [4.78, 5) is 9.65. The van der Waals surface area contributed by atoms with E-state index in [0.717, 1.165) is 6.13 Å². The molecule has 0 saturated carbocycles. The summed E-state index contributed by atoms with van der Waals surface area (Å²) in [7, 11) is 0. The molecule has 0 aliphatic heterocycles. The Bertz CT molecular complexity index is 92.6. The van der Waals surface area contributed by atoms with Gasteiger partial charge in [0.25, 0.3) is 6.13 Å². The number of halogens is 2. The van der Waals surface area contributed by atoms with Gasteiger partial charge in [-0.1, -0.05) is 11.6 Å². The predicted octanol–water partition coefficient (Wildman–Crippen LogP) is -0.418. The van der Waals surface area contributed by atoms with E-state index in [-0.39, 0.29) is 0 Å². The van der Waals surface area contributed by atoms with E-state index in [9.17, 15) is 9.18 Å². The minimum atomic E-state index is -1.18. The van der Waals surface area contributed by atoms with Gasteiger partial charge in [0.2, 0.25) is 0 Å². The number of aliphatic hydroxyl groups is 1. The Hall–Kier alpha value is -0.390. The van der Waals surface area contributed by atoms with Gasteiger partial charge in [0.15, 0.2) is 0 Å². The number of aliphatic carboxylic acids is 1. The molecule has 10 heavy (non-hydrogen) atoms. The van der Waals surface area contributed by atoms with Crippen molar-refractivity contribution in [1.82, 2.24) is 0 Å². The molecule has 0 aliphatic carbocycles. The molecule has 0 amide bonds. The third-order valence-electron chi connectivity index (χ3n) is 0.514. The van der Waals surface area contributed by atoms with Crippen LogP contribution in [0.1, 0.15) is 0 Å². The van der Waals surface area contributed by atoms with Gasteiger partial charge in [-0.15, -0.1) is 0 Å². The van der Waals surface area contributed by atoms with E-state index in [1.807, 2.05) is 0 Å². The predicted molar refractivity (Wildman–Crippen MR) is 32.9 cm³/mol. The van der Waals surface area contributed by atoms with Crippen molar-refractivity contribution in [3.8, 4) is 0 Å². The first kappa shape index (κ1) is 12.3. The maximum atomic E-state index is 9.81. The summed E-state index contributed by atoms with van der Waals surface area (Å²) in [5.41, 5.74) is 4.77. The van der Waals surface area contributed by atoms with Crippen LogP contribution < -0.4 is 5.73 Å². The standard InChI is InChI=1S/C3H7NO3.CClF/c4-2(1-5)3(6)7;2-1-3/h2,5H,1,4H2,(H,6,7);/t2-;/m0./s1. The second kappa shape index (κ2) is 8.61. The summed E-state index contributed by atoms with van der Waals surface area (Å²) in [6.45, 7) is -0.505. The third kappa shape index (κ3) is 10.6. The van der Waals surface area contributed by atoms with E-state index in [1.54, 1.807) is 0 Å². The van der Waals surface area contributed by atoms with Crippen molar-refractivity contribution >= 4 is 17.6 Å². The first-order valence-corrected chi connectivity index (χ1v) is 2.53. The molecule has 60 valence electrons. The number of aliphatic hydroxyl groups excluding tert-OH is 1. The van der Waals surface area contributed by atoms with Gasteiger partial charge in [0.1, 0.15) is 6.04 Å². The second-order valence-electron chi connectivity index (χ2n) is 1.20. The molecule has 2 radical (unpaired) electrons. The molecule has 4 N–H and O–H groups in total. The van der Waals surface area contributed by atoms with E-state index >= 15 is 0 Å². The van der Waals surface area contributed by atoms with Gasteiger partial charge in [0.05, 0.1) is 6.61 Å². The maximum absolute atomic E-state index is 9.81. The average Bonchev–Trinajstić information content (AvgIpc) is 1.88. The number of rotatable bonds is 2. The van der Waals surface area contributed by atoms with E-state index < -0.39 is 18.6 Å². The van der Waals surface area contributed by atoms with Crippen LogP contribution in [0.2, 0.25) is 0 Å². The van der Waals surface area contributed by atoms with E-state index in [0.29, 0.717) is 0 Å². The van der Waals surface area contributed by atoms with Crippen LogP contribution in [0.5, 0.6) is 0 Å². The molecule has 0 bridgehead atoms. The molecule has 0 heterocycles. The van der Waals surface area contributed by atoms with Gasteiger partial charge in [-0.05, 0) is 0 Å². The Morgan fingerprint density at radius 2 is 2.20 bits per heavy atom. The fourth-order valence-electron chi connectivity index (χ4n) is 0.0781. The lowest BCUT2D eigenvalue weighted by Gasteiger charge is -1.96. The molecule has 0 rings (SSSR count). The Morgan fingerprint density at radius 3 is 2.20 bits per heavy atom. The Balaban J connectivity index is 0. The summed E-state index contributed by atoms with van der Waals surface area (Å²) in [6, 6.07) is -1.13. The zero-order valence-electron chi connectivity index (χ0n) is 4.92. The zero-order chi connectivity index (χ0) is 8.57. The smallest absolute Gasteiger partial charge is 0.322 e. The van der Waals surface area contributed by atoms with Crippen molar-refractivity contribution < 1.29 is 19.4 Å². The summed E-state index contributed by atoms with van der Waals surface area (Å²) >= 11 is 4.08. The van der Waals surface area contributed by atoms with E-state index in [1.165, 1.54) is 0 Å². The fourth-order valence-corrected chi connectivity index (χ4v) is 0.0781. The summed E-state index contributed by atoms with van der Waals surface area (Å²) in [6.07, 6.45) is 0.722. The van der Waals surface area contributed by atoms with Gasteiger partial charge in [-0.2, -0.15) is 0 Å². The second-order valence-corrected chi connectivity index (χ2v) is 1.34. The number of hydrogen-bond acceptors (Lipinski definition) is 3. The average molecular weight is 172 g/mol. The number of hydrogen-bond donors (Lipinski definition) is 3. The quantitative estimate of drug-likeness (QED) is 0.527. The highest BCUT2D eigenvalue weighted by Crippen LogP contribution is 1.76. The number of carboxylic acids is 1. The fraction of sp³-hybridized carbons (Fsp3) is 0.500. The molecular weight excluding hydrogens is 164 g/mol. The Morgan fingerprint density at radius 1 is 1.90 bits per heavy atom. The monoisotopic (exact) mass is 171 g/mol. The lowest BCUT2D eigenvalue weighted by molar-refractivity contribution is -0.139. The highest BCUT2D eigenvalue weighted by Gasteiger charge is 2.06. The molecule has 0 aromatic heterocycles. The zero-order valence-corrected chi connectivity index (χ0v) is 5.68. The van der Waals surface area contributed by atoms with Gasteiger partial charge >= 0.3 is 5.97 Å². The van der Waals surface area contributed by atoms with Gasteiger partial charge < -0.3 is 15.9 Å². The molecule has 0 aliphatic rings. The van der Waals surface area contributed by atoms with Crippen LogP contribution >= 0.6 is 11.6 Å². The van der Waals surface area contributed by atoms with Crippen molar-refractivity contribution in [2.45, 2.75) is 6.04 Å². The van der Waals surface area contributed by atoms with Crippen LogP contribution in [0.25, 0.3) is 0 Å². The van der Waals surface area contributed by atoms with Crippen molar-refractivity contribution in [2.24, 2.45) is 5.73 Å². The minimum absolute atomic E-state index is 0.505. The first-order chi connectivity index (χ1) is 4.59. The molecule has 6 heteroatoms. The number of carboxylic acid groups (broad SMARTS) is 1. The van der Waals surface area contributed by atoms with Gasteiger partial charge in [-0.25, -0.2) is 4.39 Å². The molecule has 0 fully saturated rings. The van der Waals surface area contributed by atoms with Crippen LogP contribution in [-0.2, 0) is 4.79 Å². The molecule has 4 nitrogen and oxygen atoms in total. The van der Waals surface area contributed by atoms with Crippen molar-refractivity contribution in [2.75, 3.05) is 6.61 Å². The highest BCUT2D eigenvalue weighted by atomic mass is 35.5. The topological polar surface area (TPSA) is 83.5 Å². The largest absolute Gasteiger partial charge is 0.480 e. The summed E-state index contributed by atoms with van der Waals surface area (Å²) < 4.78 is 9.81.